The number of aromatic hydroxyl groups is 1. The van der Waals surface area contributed by atoms with Gasteiger partial charge in [-0.15, -0.1) is 37.3 Å². The Labute approximate surface area is 440 Å². The second kappa shape index (κ2) is 21.6. The van der Waals surface area contributed by atoms with E-state index in [2.05, 4.69) is 46.7 Å². The molecule has 0 spiro atoms. The number of nitriles is 1. The second-order valence-corrected chi connectivity index (χ2v) is 24.7. The van der Waals surface area contributed by atoms with Gasteiger partial charge in [0, 0.05) is 21.9 Å². The van der Waals surface area contributed by atoms with Crippen LogP contribution in [0.2, 0.25) is 0 Å². The molecule has 0 amide bonds. The van der Waals surface area contributed by atoms with Crippen molar-refractivity contribution in [2.24, 2.45) is 30.7 Å². The number of aromatic nitrogens is 3. The van der Waals surface area contributed by atoms with Crippen molar-refractivity contribution in [3.63, 3.8) is 0 Å². The van der Waals surface area contributed by atoms with Gasteiger partial charge in [0.15, 0.2) is 11.3 Å². The van der Waals surface area contributed by atoms with E-state index in [-0.39, 0.29) is 114 Å². The number of fused-ring (bicyclic) bond motifs is 6. The maximum absolute atomic E-state index is 12.6. The van der Waals surface area contributed by atoms with Crippen molar-refractivity contribution in [2.75, 3.05) is 23.9 Å². The highest BCUT2D eigenvalue weighted by molar-refractivity contribution is 7.99. The van der Waals surface area contributed by atoms with Crippen LogP contribution in [-0.2, 0) is 47.1 Å². The molecule has 0 saturated heterocycles. The highest BCUT2D eigenvalue weighted by atomic mass is 32.2. The Hall–Kier alpha value is -6.96. The monoisotopic (exact) mass is 1150 g/mol. The SMILES string of the molecule is Cc1cc(N=Nc2cc(OCCCS(=O)(=O)O)c(N=Nc3c(C)c(C#N)c4nc5ccccc5n4c3O)cc2C)c(SCCCS(=O)(=O)O)cc1N=Nc1nc2c(S(=O)(=O)O)cc3c(CO)cc(S(=O)(=O)O)cc3c2s1. The Morgan fingerprint density at radius 3 is 2.05 bits per heavy atom. The molecule has 3 heterocycles. The number of imidazole rings is 1. The van der Waals surface area contributed by atoms with Gasteiger partial charge in [0.2, 0.25) is 11.0 Å². The lowest BCUT2D eigenvalue weighted by Gasteiger charge is -2.12. The largest absolute Gasteiger partial charge is 0.493 e. The fraction of sp³-hybridized carbons (Fsp3) is 0.222. The number of rotatable bonds is 19. The number of aliphatic hydroxyl groups excluding tert-OH is 1. The molecule has 76 heavy (non-hydrogen) atoms. The van der Waals surface area contributed by atoms with Gasteiger partial charge in [0.1, 0.15) is 33.5 Å². The van der Waals surface area contributed by atoms with Gasteiger partial charge in [-0.3, -0.25) is 22.6 Å². The fourth-order valence-corrected chi connectivity index (χ4v) is 12.1. The Morgan fingerprint density at radius 2 is 1.38 bits per heavy atom. The summed E-state index contributed by atoms with van der Waals surface area (Å²) in [6.07, 6.45) is -0.130. The second-order valence-electron chi connectivity index (χ2n) is 16.7. The Bertz CT molecular complexity index is 4310. The molecule has 3 aromatic heterocycles. The topological polar surface area (TPSA) is 395 Å². The summed E-state index contributed by atoms with van der Waals surface area (Å²) in [6.45, 7) is 3.88. The summed E-state index contributed by atoms with van der Waals surface area (Å²) in [6, 6.07) is 18.2. The van der Waals surface area contributed by atoms with Crippen LogP contribution in [0, 0.1) is 32.1 Å². The average molecular weight is 1150 g/mol. The fourth-order valence-electron chi connectivity index (χ4n) is 7.72. The van der Waals surface area contributed by atoms with Crippen LogP contribution in [0.15, 0.2) is 112 Å². The molecule has 0 bridgehead atoms. The van der Waals surface area contributed by atoms with Gasteiger partial charge >= 0.3 is 0 Å². The van der Waals surface area contributed by atoms with Gasteiger partial charge in [0.25, 0.3) is 40.5 Å². The lowest BCUT2D eigenvalue weighted by atomic mass is 10.0. The molecule has 396 valence electrons. The van der Waals surface area contributed by atoms with Gasteiger partial charge in [-0.1, -0.05) is 23.5 Å². The number of azo groups is 3. The Balaban J connectivity index is 1.18. The minimum absolute atomic E-state index is 0.00710. The number of para-hydroxylation sites is 2. The van der Waals surface area contributed by atoms with Crippen molar-refractivity contribution < 1.29 is 66.8 Å². The third kappa shape index (κ3) is 12.2. The third-order valence-electron chi connectivity index (χ3n) is 11.3. The average Bonchev–Trinajstić information content (AvgIpc) is 3.99. The van der Waals surface area contributed by atoms with E-state index < -0.39 is 68.4 Å². The van der Waals surface area contributed by atoms with Crippen molar-refractivity contribution in [2.45, 2.75) is 54.9 Å². The molecule has 5 aromatic carbocycles. The molecule has 0 saturated carbocycles. The zero-order chi connectivity index (χ0) is 55.1. The molecular weight excluding hydrogens is 1110 g/mol. The lowest BCUT2D eigenvalue weighted by Crippen LogP contribution is -2.08. The van der Waals surface area contributed by atoms with Crippen LogP contribution in [0.5, 0.6) is 11.6 Å². The molecule has 6 N–H and O–H groups in total. The summed E-state index contributed by atoms with van der Waals surface area (Å²) in [5, 5.41) is 57.8. The first-order chi connectivity index (χ1) is 35.7. The number of pyridine rings is 1. The van der Waals surface area contributed by atoms with E-state index in [9.17, 15) is 67.4 Å². The molecule has 0 radical (unpaired) electrons. The highest BCUT2D eigenvalue weighted by Crippen LogP contribution is 2.44. The van der Waals surface area contributed by atoms with Crippen LogP contribution in [0.3, 0.4) is 0 Å². The Morgan fingerprint density at radius 1 is 0.737 bits per heavy atom. The van der Waals surface area contributed by atoms with Crippen LogP contribution in [-0.4, -0.2) is 100 Å². The number of thioether (sulfide) groups is 1. The van der Waals surface area contributed by atoms with Gasteiger partial charge < -0.3 is 14.9 Å². The number of ether oxygens (including phenoxy) is 1. The molecule has 0 aliphatic rings. The summed E-state index contributed by atoms with van der Waals surface area (Å²) in [7, 11) is -18.4. The summed E-state index contributed by atoms with van der Waals surface area (Å²) in [5.41, 5.74) is 2.86. The number of hydrogen-bond acceptors (Lipinski definition) is 22. The highest BCUT2D eigenvalue weighted by Gasteiger charge is 2.25. The number of benzene rings is 5. The molecule has 25 nitrogen and oxygen atoms in total. The molecule has 0 atom stereocenters. The lowest BCUT2D eigenvalue weighted by molar-refractivity contribution is 0.283. The van der Waals surface area contributed by atoms with E-state index in [1.54, 1.807) is 57.2 Å². The maximum atomic E-state index is 12.6. The summed E-state index contributed by atoms with van der Waals surface area (Å²) >= 11 is 1.88. The molecule has 0 fully saturated rings. The number of nitrogens with zero attached hydrogens (tertiary/aromatic N) is 10. The van der Waals surface area contributed by atoms with Gasteiger partial charge in [-0.2, -0.15) is 44.0 Å². The first-order valence-electron chi connectivity index (χ1n) is 21.9. The van der Waals surface area contributed by atoms with Crippen LogP contribution in [0.4, 0.5) is 33.6 Å². The van der Waals surface area contributed by atoms with E-state index in [1.807, 2.05) is 0 Å². The van der Waals surface area contributed by atoms with Crippen LogP contribution < -0.4 is 4.74 Å². The predicted molar refractivity (Wildman–Crippen MR) is 280 cm³/mol. The smallest absolute Gasteiger partial charge is 0.296 e. The summed E-state index contributed by atoms with van der Waals surface area (Å²) in [4.78, 5) is 7.89. The first-order valence-corrected chi connectivity index (χ1v) is 29.8. The van der Waals surface area contributed by atoms with E-state index in [1.165, 1.54) is 16.5 Å². The van der Waals surface area contributed by atoms with E-state index in [0.717, 1.165) is 41.3 Å². The first kappa shape index (κ1) is 55.3. The molecule has 0 aliphatic heterocycles. The van der Waals surface area contributed by atoms with Gasteiger partial charge in [-0.05, 0) is 110 Å². The standard InChI is InChI=1S/C45H40N10O15S6/c1-23-14-34(51-53-40-25(3)30(21-46)43-47-31-8-4-5-9-36(31)55(43)44(40)57)37(70-10-6-12-73(58,59)60)19-32(23)49-52-35-15-24(2)33(20-38(35)71-11-7-13-74(61,62)63)50-54-45-48-41-39(76(67,68)69)18-28-26(22-56)16-27(75(64,65)66)17-29(28)42(41)72-45/h4-5,8-9,14-20,56-57H,6-7,10-13,22H2,1-3H3,(H,58,59,60)(H,61,62,63)(H,64,65,66)(H,67,68,69). The molecular formula is C45H40N10O15S6. The van der Waals surface area contributed by atoms with E-state index >= 15 is 0 Å². The van der Waals surface area contributed by atoms with Gasteiger partial charge in [-0.25, -0.2) is 9.97 Å². The number of thiazole rings is 1. The van der Waals surface area contributed by atoms with Crippen molar-refractivity contribution in [3.8, 4) is 17.7 Å². The van der Waals surface area contributed by atoms with Crippen LogP contribution >= 0.6 is 23.1 Å². The normalized spacial score (nSPS) is 12.9. The van der Waals surface area contributed by atoms with E-state index in [4.69, 9.17) is 4.74 Å². The molecule has 0 unspecified atom stereocenters. The Kier molecular flexibility index (Phi) is 15.7. The van der Waals surface area contributed by atoms with Crippen molar-refractivity contribution in [3.05, 3.63) is 94.5 Å². The number of hydrogen-bond donors (Lipinski definition) is 6. The van der Waals surface area contributed by atoms with Crippen molar-refractivity contribution in [1.29, 1.82) is 5.26 Å². The zero-order valence-electron chi connectivity index (χ0n) is 39.6. The third-order valence-corrected chi connectivity index (χ3v) is 16.7. The van der Waals surface area contributed by atoms with Crippen molar-refractivity contribution >= 4 is 135 Å². The zero-order valence-corrected chi connectivity index (χ0v) is 44.5. The summed E-state index contributed by atoms with van der Waals surface area (Å²) in [5.74, 6) is -1.36. The predicted octanol–water partition coefficient (Wildman–Crippen LogP) is 10.0. The molecule has 0 aliphatic carbocycles. The minimum atomic E-state index is -4.96. The quantitative estimate of drug-likeness (QED) is 0.0190. The number of aryl methyl sites for hydroxylation is 2. The minimum Gasteiger partial charge on any atom is -0.493 e. The summed E-state index contributed by atoms with van der Waals surface area (Å²) < 4.78 is 142. The molecule has 8 rings (SSSR count). The van der Waals surface area contributed by atoms with Crippen molar-refractivity contribution in [1.82, 2.24) is 14.4 Å². The van der Waals surface area contributed by atoms with Crippen LogP contribution in [0.25, 0.3) is 37.7 Å². The maximum Gasteiger partial charge on any atom is 0.296 e. The van der Waals surface area contributed by atoms with E-state index in [0.29, 0.717) is 27.1 Å². The van der Waals surface area contributed by atoms with Gasteiger partial charge in [0.05, 0.1) is 62.4 Å². The van der Waals surface area contributed by atoms with Crippen LogP contribution in [0.1, 0.15) is 40.7 Å². The molecule has 31 heteroatoms. The molecule has 8 aromatic rings. The number of aliphatic hydroxyl groups is 1.